The monoisotopic (exact) mass is 312 g/mol. The number of hydrogen-bond donors (Lipinski definition) is 1. The van der Waals surface area contributed by atoms with Gasteiger partial charge in [0.1, 0.15) is 5.92 Å². The van der Waals surface area contributed by atoms with Crippen LogP contribution < -0.4 is 10.9 Å². The fraction of sp³-hybridized carbons (Fsp3) is 0.500. The second-order valence-electron chi connectivity index (χ2n) is 6.37. The van der Waals surface area contributed by atoms with Crippen LogP contribution in [0.2, 0.25) is 0 Å². The topological polar surface area (TPSA) is 74.9 Å². The first-order valence-corrected chi connectivity index (χ1v) is 8.00. The van der Waals surface area contributed by atoms with E-state index in [0.717, 1.165) is 37.3 Å². The maximum Gasteiger partial charge on any atom is 0.273 e. The van der Waals surface area contributed by atoms with Crippen LogP contribution in [0.3, 0.4) is 0 Å². The normalized spacial score (nSPS) is 23.1. The van der Waals surface area contributed by atoms with Crippen LogP contribution in [0.15, 0.2) is 32.7 Å². The quantitative estimate of drug-likeness (QED) is 0.863. The summed E-state index contributed by atoms with van der Waals surface area (Å²) in [4.78, 5) is 22.9. The zero-order chi connectivity index (χ0) is 16.0. The van der Waals surface area contributed by atoms with Crippen molar-refractivity contribution >= 4 is 12.1 Å². The SMILES string of the molecule is CN(C)C1=CC=NC2=Nn3c(C4CCNCC4)cc(=O)nc3C12. The van der Waals surface area contributed by atoms with Crippen molar-refractivity contribution < 1.29 is 0 Å². The van der Waals surface area contributed by atoms with E-state index in [1.807, 2.05) is 29.7 Å². The number of aromatic nitrogens is 2. The first kappa shape index (κ1) is 14.3. The van der Waals surface area contributed by atoms with Gasteiger partial charge in [0, 0.05) is 38.0 Å². The van der Waals surface area contributed by atoms with Crippen molar-refractivity contribution in [2.24, 2.45) is 10.1 Å². The largest absolute Gasteiger partial charge is 0.380 e. The van der Waals surface area contributed by atoms with Crippen LogP contribution in [0.4, 0.5) is 0 Å². The van der Waals surface area contributed by atoms with E-state index in [2.05, 4.69) is 20.4 Å². The molecule has 1 aromatic rings. The number of nitrogens with zero attached hydrogens (tertiary/aromatic N) is 5. The molecule has 0 radical (unpaired) electrons. The third-order valence-corrected chi connectivity index (χ3v) is 4.70. The molecule has 1 unspecified atom stereocenters. The van der Waals surface area contributed by atoms with Gasteiger partial charge in [-0.2, -0.15) is 10.1 Å². The summed E-state index contributed by atoms with van der Waals surface area (Å²) < 4.78 is 1.86. The third-order valence-electron chi connectivity index (χ3n) is 4.70. The van der Waals surface area contributed by atoms with Gasteiger partial charge in [-0.3, -0.25) is 4.79 Å². The molecule has 4 heterocycles. The van der Waals surface area contributed by atoms with Gasteiger partial charge in [-0.05, 0) is 32.0 Å². The molecule has 120 valence electrons. The molecular weight excluding hydrogens is 292 g/mol. The molecule has 1 N–H and O–H groups in total. The molecule has 1 aromatic heterocycles. The van der Waals surface area contributed by atoms with Crippen molar-refractivity contribution in [3.8, 4) is 0 Å². The molecular formula is C16H20N6O. The highest BCUT2D eigenvalue weighted by atomic mass is 16.1. The highest BCUT2D eigenvalue weighted by molar-refractivity contribution is 6.02. The van der Waals surface area contributed by atoms with Crippen LogP contribution in [-0.2, 0) is 0 Å². The minimum atomic E-state index is -0.186. The van der Waals surface area contributed by atoms with Gasteiger partial charge in [-0.25, -0.2) is 9.67 Å². The van der Waals surface area contributed by atoms with E-state index in [4.69, 9.17) is 0 Å². The van der Waals surface area contributed by atoms with E-state index in [1.165, 1.54) is 0 Å². The van der Waals surface area contributed by atoms with Crippen LogP contribution in [0, 0.1) is 0 Å². The second-order valence-corrected chi connectivity index (χ2v) is 6.37. The summed E-state index contributed by atoms with van der Waals surface area (Å²) in [5.74, 6) is 1.60. The van der Waals surface area contributed by atoms with E-state index in [0.29, 0.717) is 17.6 Å². The zero-order valence-corrected chi connectivity index (χ0v) is 13.4. The van der Waals surface area contributed by atoms with E-state index in [-0.39, 0.29) is 11.5 Å². The van der Waals surface area contributed by atoms with Gasteiger partial charge in [0.05, 0.1) is 5.69 Å². The minimum Gasteiger partial charge on any atom is -0.380 e. The van der Waals surface area contributed by atoms with Crippen molar-refractivity contribution in [2.45, 2.75) is 24.7 Å². The Balaban J connectivity index is 1.85. The Morgan fingerprint density at radius 3 is 2.83 bits per heavy atom. The molecule has 3 aliphatic heterocycles. The molecule has 0 bridgehead atoms. The van der Waals surface area contributed by atoms with Gasteiger partial charge in [0.2, 0.25) is 0 Å². The van der Waals surface area contributed by atoms with Gasteiger partial charge in [0.25, 0.3) is 5.56 Å². The van der Waals surface area contributed by atoms with Crippen LogP contribution in [0.25, 0.3) is 0 Å². The van der Waals surface area contributed by atoms with Crippen LogP contribution in [0.5, 0.6) is 0 Å². The Morgan fingerprint density at radius 2 is 2.09 bits per heavy atom. The molecule has 0 aromatic carbocycles. The summed E-state index contributed by atoms with van der Waals surface area (Å²) in [5, 5.41) is 8.03. The lowest BCUT2D eigenvalue weighted by Gasteiger charge is -2.26. The molecule has 4 rings (SSSR count). The molecule has 7 heteroatoms. The van der Waals surface area contributed by atoms with Crippen LogP contribution in [-0.4, -0.2) is 53.8 Å². The smallest absolute Gasteiger partial charge is 0.273 e. The lowest BCUT2D eigenvalue weighted by molar-refractivity contribution is 0.437. The number of piperidine rings is 1. The first-order chi connectivity index (χ1) is 11.1. The molecule has 1 saturated heterocycles. The highest BCUT2D eigenvalue weighted by Gasteiger charge is 2.36. The lowest BCUT2D eigenvalue weighted by Crippen LogP contribution is -2.30. The number of nitrogens with one attached hydrogen (secondary N) is 1. The van der Waals surface area contributed by atoms with Crippen LogP contribution >= 0.6 is 0 Å². The Labute approximate surface area is 134 Å². The summed E-state index contributed by atoms with van der Waals surface area (Å²) in [5.41, 5.74) is 1.84. The molecule has 0 saturated carbocycles. The maximum absolute atomic E-state index is 12.2. The molecule has 0 aliphatic carbocycles. The average Bonchev–Trinajstić information content (AvgIpc) is 2.93. The van der Waals surface area contributed by atoms with Gasteiger partial charge < -0.3 is 10.2 Å². The summed E-state index contributed by atoms with van der Waals surface area (Å²) in [6, 6.07) is 1.64. The predicted octanol–water partition coefficient (Wildman–Crippen LogP) is 0.499. The summed E-state index contributed by atoms with van der Waals surface area (Å²) in [6.45, 7) is 1.94. The van der Waals surface area contributed by atoms with Gasteiger partial charge >= 0.3 is 0 Å². The molecule has 7 nitrogen and oxygen atoms in total. The fourth-order valence-electron chi connectivity index (χ4n) is 3.55. The number of aliphatic imine (C=N–C) groups is 1. The van der Waals surface area contributed by atoms with Crippen molar-refractivity contribution in [2.75, 3.05) is 27.2 Å². The Morgan fingerprint density at radius 1 is 1.30 bits per heavy atom. The van der Waals surface area contributed by atoms with Crippen molar-refractivity contribution in [3.63, 3.8) is 0 Å². The van der Waals surface area contributed by atoms with Gasteiger partial charge in [-0.15, -0.1) is 0 Å². The summed E-state index contributed by atoms with van der Waals surface area (Å²) >= 11 is 0. The number of rotatable bonds is 2. The standard InChI is InChI=1S/C16H20N6O/c1-21(2)11-5-8-18-15-14(11)16-19-13(23)9-12(22(16)20-15)10-3-6-17-7-4-10/h5,8-10,14,17H,3-4,6-7H2,1-2H3. The van der Waals surface area contributed by atoms with E-state index < -0.39 is 0 Å². The van der Waals surface area contributed by atoms with Crippen molar-refractivity contribution in [3.05, 3.63) is 39.7 Å². The number of likely N-dealkylation sites (N-methyl/N-ethyl adjacent to an activating group) is 1. The summed E-state index contributed by atoms with van der Waals surface area (Å²) in [7, 11) is 3.97. The molecule has 0 amide bonds. The van der Waals surface area contributed by atoms with Crippen molar-refractivity contribution in [1.29, 1.82) is 0 Å². The number of fused-ring (bicyclic) bond motifs is 3. The third kappa shape index (κ3) is 2.31. The molecule has 1 fully saturated rings. The number of amidine groups is 1. The van der Waals surface area contributed by atoms with E-state index in [1.54, 1.807) is 12.3 Å². The first-order valence-electron chi connectivity index (χ1n) is 8.00. The Kier molecular flexibility index (Phi) is 3.37. The zero-order valence-electron chi connectivity index (χ0n) is 13.4. The number of allylic oxidation sites excluding steroid dienone is 1. The van der Waals surface area contributed by atoms with Crippen LogP contribution in [0.1, 0.15) is 36.2 Å². The van der Waals surface area contributed by atoms with Gasteiger partial charge in [-0.1, -0.05) is 0 Å². The molecule has 23 heavy (non-hydrogen) atoms. The lowest BCUT2D eigenvalue weighted by atomic mass is 9.94. The highest BCUT2D eigenvalue weighted by Crippen LogP contribution is 2.35. The van der Waals surface area contributed by atoms with Gasteiger partial charge in [0.15, 0.2) is 11.7 Å². The van der Waals surface area contributed by atoms with Crippen molar-refractivity contribution in [1.82, 2.24) is 19.9 Å². The molecule has 1 atom stereocenters. The molecule has 0 spiro atoms. The number of dihydropyridines is 1. The summed E-state index contributed by atoms with van der Waals surface area (Å²) in [6.07, 6.45) is 5.75. The predicted molar refractivity (Wildman–Crippen MR) is 89.2 cm³/mol. The number of hydrogen-bond acceptors (Lipinski definition) is 6. The maximum atomic E-state index is 12.2. The fourth-order valence-corrected chi connectivity index (χ4v) is 3.55. The Hall–Kier alpha value is -2.28. The van der Waals surface area contributed by atoms with E-state index >= 15 is 0 Å². The second kappa shape index (κ2) is 5.42. The molecule has 3 aliphatic rings. The van der Waals surface area contributed by atoms with E-state index in [9.17, 15) is 4.79 Å². The Bertz CT molecular complexity index is 782. The average molecular weight is 312 g/mol. The minimum absolute atomic E-state index is 0.149.